The van der Waals surface area contributed by atoms with Gasteiger partial charge in [0.05, 0.1) is 0 Å². The Morgan fingerprint density at radius 3 is 1.44 bits per heavy atom. The van der Waals surface area contributed by atoms with Crippen LogP contribution in [0.1, 0.15) is 0 Å². The second-order valence-corrected chi connectivity index (χ2v) is 17.5. The van der Waals surface area contributed by atoms with Crippen molar-refractivity contribution in [1.82, 2.24) is 15.0 Å². The lowest BCUT2D eigenvalue weighted by atomic mass is 9.98. The Kier molecular flexibility index (Phi) is 7.45. The maximum atomic E-state index is 5.03. The van der Waals surface area contributed by atoms with Crippen LogP contribution in [0, 0.1) is 0 Å². The van der Waals surface area contributed by atoms with E-state index in [1.54, 1.807) is 0 Å². The van der Waals surface area contributed by atoms with Crippen LogP contribution in [0.3, 0.4) is 0 Å². The largest absolute Gasteiger partial charge is 0.208 e. The third-order valence-electron chi connectivity index (χ3n) is 11.0. The van der Waals surface area contributed by atoms with E-state index in [-0.39, 0.29) is 0 Å². The summed E-state index contributed by atoms with van der Waals surface area (Å²) in [6.45, 7) is 0. The summed E-state index contributed by atoms with van der Waals surface area (Å²) in [5.41, 5.74) is 7.98. The molecule has 0 spiro atoms. The fraction of sp³-hybridized carbons (Fsp3) is 0. The zero-order valence-corrected chi connectivity index (χ0v) is 32.8. The van der Waals surface area contributed by atoms with Crippen molar-refractivity contribution < 1.29 is 0 Å². The van der Waals surface area contributed by atoms with Crippen molar-refractivity contribution in [3.05, 3.63) is 176 Å². The topological polar surface area (TPSA) is 38.7 Å². The molecular weight excluding hydrogens is 751 g/mol. The summed E-state index contributed by atoms with van der Waals surface area (Å²) >= 11 is 5.65. The molecule has 0 fully saturated rings. The van der Waals surface area contributed by atoms with E-state index in [0.29, 0.717) is 17.5 Å². The Balaban J connectivity index is 0.997. The monoisotopic (exact) mass is 779 g/mol. The van der Waals surface area contributed by atoms with Gasteiger partial charge in [-0.3, -0.25) is 0 Å². The molecule has 0 bridgehead atoms. The van der Waals surface area contributed by atoms with E-state index in [0.717, 1.165) is 16.7 Å². The highest BCUT2D eigenvalue weighted by Gasteiger charge is 2.19. The average molecular weight is 780 g/mol. The van der Waals surface area contributed by atoms with Gasteiger partial charge in [0.25, 0.3) is 0 Å². The number of fused-ring (bicyclic) bond motifs is 9. The van der Waals surface area contributed by atoms with E-state index in [1.165, 1.54) is 82.8 Å². The highest BCUT2D eigenvalue weighted by Crippen LogP contribution is 2.48. The van der Waals surface area contributed by atoms with E-state index in [4.69, 9.17) is 15.0 Å². The van der Waals surface area contributed by atoms with Crippen LogP contribution in [0.25, 0.3) is 117 Å². The normalized spacial score (nSPS) is 11.9. The summed E-state index contributed by atoms with van der Waals surface area (Å²) in [4.78, 5) is 15.0. The van der Waals surface area contributed by atoms with Gasteiger partial charge in [-0.15, -0.1) is 34.0 Å². The molecule has 0 aliphatic carbocycles. The maximum Gasteiger partial charge on any atom is 0.164 e. The molecule has 57 heavy (non-hydrogen) atoms. The number of aromatic nitrogens is 3. The first-order valence-corrected chi connectivity index (χ1v) is 21.4. The van der Waals surface area contributed by atoms with E-state index in [1.807, 2.05) is 94.7 Å². The lowest BCUT2D eigenvalue weighted by molar-refractivity contribution is 1.07. The Bertz CT molecular complexity index is 3470. The first kappa shape index (κ1) is 32.7. The smallest absolute Gasteiger partial charge is 0.164 e. The Labute approximate surface area is 339 Å². The summed E-state index contributed by atoms with van der Waals surface area (Å²) in [5.74, 6) is 1.99. The second kappa shape index (κ2) is 13.0. The van der Waals surface area contributed by atoms with Crippen molar-refractivity contribution in [3.63, 3.8) is 0 Å². The summed E-state index contributed by atoms with van der Waals surface area (Å²) in [6.07, 6.45) is 0. The molecule has 266 valence electrons. The van der Waals surface area contributed by atoms with Crippen LogP contribution in [0.5, 0.6) is 0 Å². The molecule has 0 amide bonds. The van der Waals surface area contributed by atoms with Crippen molar-refractivity contribution in [2.45, 2.75) is 0 Å². The number of rotatable bonds is 5. The van der Waals surface area contributed by atoms with Crippen molar-refractivity contribution in [2.75, 3.05) is 0 Å². The minimum Gasteiger partial charge on any atom is -0.208 e. The molecule has 12 aromatic rings. The van der Waals surface area contributed by atoms with Gasteiger partial charge in [-0.05, 0) is 41.5 Å². The van der Waals surface area contributed by atoms with Gasteiger partial charge in [-0.2, -0.15) is 0 Å². The Morgan fingerprint density at radius 2 is 0.754 bits per heavy atom. The second-order valence-electron chi connectivity index (χ2n) is 14.3. The fourth-order valence-corrected chi connectivity index (χ4v) is 12.0. The fourth-order valence-electron chi connectivity index (χ4n) is 8.24. The molecule has 4 aromatic heterocycles. The summed E-state index contributed by atoms with van der Waals surface area (Å²) in [5, 5.41) is 7.72. The Morgan fingerprint density at radius 1 is 0.263 bits per heavy atom. The van der Waals surface area contributed by atoms with Gasteiger partial charge >= 0.3 is 0 Å². The van der Waals surface area contributed by atoms with Gasteiger partial charge < -0.3 is 0 Å². The Hall–Kier alpha value is -6.57. The lowest BCUT2D eigenvalue weighted by Crippen LogP contribution is -2.00. The van der Waals surface area contributed by atoms with Crippen molar-refractivity contribution in [1.29, 1.82) is 0 Å². The van der Waals surface area contributed by atoms with Gasteiger partial charge in [-0.1, -0.05) is 146 Å². The zero-order chi connectivity index (χ0) is 37.5. The minimum absolute atomic E-state index is 0.664. The molecular formula is C51H29N3S3. The molecule has 0 unspecified atom stereocenters. The zero-order valence-electron chi connectivity index (χ0n) is 30.3. The molecule has 0 saturated heterocycles. The van der Waals surface area contributed by atoms with Crippen molar-refractivity contribution in [3.8, 4) is 56.4 Å². The number of thiophene rings is 3. The summed E-state index contributed by atoms with van der Waals surface area (Å²) in [7, 11) is 0. The molecule has 0 aliphatic heterocycles. The van der Waals surface area contributed by atoms with Crippen LogP contribution in [-0.2, 0) is 0 Å². The average Bonchev–Trinajstić information content (AvgIpc) is 3.98. The molecule has 0 saturated carbocycles. The van der Waals surface area contributed by atoms with Gasteiger partial charge in [0.15, 0.2) is 17.5 Å². The number of nitrogens with zero attached hydrogens (tertiary/aromatic N) is 3. The lowest BCUT2D eigenvalue weighted by Gasteiger charge is -2.08. The van der Waals surface area contributed by atoms with Crippen LogP contribution in [0.15, 0.2) is 176 Å². The summed E-state index contributed by atoms with van der Waals surface area (Å²) < 4.78 is 7.84. The summed E-state index contributed by atoms with van der Waals surface area (Å²) in [6, 6.07) is 63.0. The first-order chi connectivity index (χ1) is 28.2. The van der Waals surface area contributed by atoms with E-state index in [9.17, 15) is 0 Å². The molecule has 0 atom stereocenters. The number of hydrogen-bond acceptors (Lipinski definition) is 6. The van der Waals surface area contributed by atoms with Crippen molar-refractivity contribution in [2.24, 2.45) is 0 Å². The third kappa shape index (κ3) is 5.33. The predicted octanol–water partition coefficient (Wildman–Crippen LogP) is 15.3. The molecule has 6 heteroatoms. The first-order valence-electron chi connectivity index (χ1n) is 18.9. The molecule has 4 heterocycles. The van der Waals surface area contributed by atoms with E-state index >= 15 is 0 Å². The molecule has 3 nitrogen and oxygen atoms in total. The van der Waals surface area contributed by atoms with Gasteiger partial charge in [0, 0.05) is 88.3 Å². The van der Waals surface area contributed by atoms with Gasteiger partial charge in [0.1, 0.15) is 0 Å². The SMILES string of the molecule is c1ccc(-c2nc(-c3ccccc3)nc(-c3ccc4sc5c(-c6cccc7c6sc6c(-c8ccc9c(c8)sc8ccccc89)cccc67)cccc5c4c3)n2)cc1. The number of benzene rings is 8. The minimum atomic E-state index is 0.664. The molecule has 0 radical (unpaired) electrons. The quantitative estimate of drug-likeness (QED) is 0.175. The maximum absolute atomic E-state index is 5.03. The molecule has 0 N–H and O–H groups in total. The van der Waals surface area contributed by atoms with Gasteiger partial charge in [-0.25, -0.2) is 15.0 Å². The molecule has 8 aromatic carbocycles. The van der Waals surface area contributed by atoms with Crippen molar-refractivity contribution >= 4 is 94.5 Å². The standard InChI is InChI=1S/C51H29N3S3/c1-3-12-30(13-4-1)49-52-50(31-14-5-2-6-15-31)54-51(53-49)33-25-27-44-42(28-33)41-22-11-19-38(47(41)56-44)40-21-10-20-39-37-18-9-17-34(46(37)57-48(39)40)32-24-26-36-35-16-7-8-23-43(35)55-45(36)29-32/h1-29H. The molecule has 0 aliphatic rings. The van der Waals surface area contributed by atoms with Crippen LogP contribution in [0.4, 0.5) is 0 Å². The van der Waals surface area contributed by atoms with Crippen LogP contribution >= 0.6 is 34.0 Å². The number of hydrogen-bond donors (Lipinski definition) is 0. The van der Waals surface area contributed by atoms with Crippen LogP contribution in [-0.4, -0.2) is 15.0 Å². The predicted molar refractivity (Wildman–Crippen MR) is 246 cm³/mol. The highest BCUT2D eigenvalue weighted by molar-refractivity contribution is 7.28. The van der Waals surface area contributed by atoms with Crippen LogP contribution in [0.2, 0.25) is 0 Å². The van der Waals surface area contributed by atoms with E-state index < -0.39 is 0 Å². The van der Waals surface area contributed by atoms with Crippen LogP contribution < -0.4 is 0 Å². The third-order valence-corrected chi connectivity index (χ3v) is 14.6. The van der Waals surface area contributed by atoms with E-state index in [2.05, 4.69) is 115 Å². The molecule has 12 rings (SSSR count). The highest BCUT2D eigenvalue weighted by atomic mass is 32.1. The van der Waals surface area contributed by atoms with Gasteiger partial charge in [0.2, 0.25) is 0 Å².